The average Bonchev–Trinajstić information content (AvgIpc) is 2.39. The van der Waals surface area contributed by atoms with Crippen molar-refractivity contribution in [3.05, 3.63) is 29.3 Å². The number of hydrogen-bond donors (Lipinski definition) is 0. The van der Waals surface area contributed by atoms with Crippen LogP contribution in [0.5, 0.6) is 0 Å². The number of morpholine rings is 1. The van der Waals surface area contributed by atoms with Gasteiger partial charge in [0.1, 0.15) is 6.07 Å². The summed E-state index contributed by atoms with van der Waals surface area (Å²) in [6.45, 7) is 3.76. The zero-order valence-electron chi connectivity index (χ0n) is 9.68. The molecule has 1 unspecified atom stereocenters. The molecule has 0 spiro atoms. The average molecular weight is 227 g/mol. The number of anilines is 1. The minimum atomic E-state index is -0.407. The van der Waals surface area contributed by atoms with E-state index in [2.05, 4.69) is 12.1 Å². The molecule has 0 bridgehead atoms. The largest absolute Gasteiger partial charge is 0.364 e. The first-order valence-electron chi connectivity index (χ1n) is 5.51. The molecule has 4 heteroatoms. The molecule has 2 rings (SSSR count). The molecule has 0 saturated carbocycles. The number of ether oxygens (including phenoxy) is 1. The van der Waals surface area contributed by atoms with Crippen molar-refractivity contribution in [2.24, 2.45) is 0 Å². The van der Waals surface area contributed by atoms with Crippen LogP contribution in [0.4, 0.5) is 5.69 Å². The van der Waals surface area contributed by atoms with Gasteiger partial charge in [-0.25, -0.2) is 0 Å². The van der Waals surface area contributed by atoms with E-state index in [0.29, 0.717) is 18.7 Å². The van der Waals surface area contributed by atoms with Gasteiger partial charge >= 0.3 is 0 Å². The first kappa shape index (κ1) is 11.4. The summed E-state index contributed by atoms with van der Waals surface area (Å²) in [5.41, 5.74) is 2.66. The van der Waals surface area contributed by atoms with Crippen LogP contribution in [-0.2, 0) is 4.74 Å². The van der Waals surface area contributed by atoms with Crippen LogP contribution in [0.15, 0.2) is 18.2 Å². The van der Waals surface area contributed by atoms with Crippen molar-refractivity contribution in [1.29, 1.82) is 10.5 Å². The lowest BCUT2D eigenvalue weighted by atomic mass is 10.1. The normalized spacial score (nSPS) is 19.5. The van der Waals surface area contributed by atoms with Gasteiger partial charge in [-0.1, -0.05) is 6.07 Å². The van der Waals surface area contributed by atoms with Crippen LogP contribution in [0.3, 0.4) is 0 Å². The molecule has 4 nitrogen and oxygen atoms in total. The van der Waals surface area contributed by atoms with Gasteiger partial charge in [0.05, 0.1) is 30.5 Å². The number of nitrogens with zero attached hydrogens (tertiary/aromatic N) is 3. The van der Waals surface area contributed by atoms with Crippen LogP contribution in [0.25, 0.3) is 0 Å². The van der Waals surface area contributed by atoms with Gasteiger partial charge in [0.15, 0.2) is 6.10 Å². The van der Waals surface area contributed by atoms with Crippen molar-refractivity contribution in [3.8, 4) is 12.1 Å². The number of nitriles is 2. The van der Waals surface area contributed by atoms with Crippen molar-refractivity contribution < 1.29 is 4.74 Å². The first-order chi connectivity index (χ1) is 8.24. The SMILES string of the molecule is Cc1ccc(C#N)c(N2CCOC(C#N)C2)c1. The Hall–Kier alpha value is -2.04. The van der Waals surface area contributed by atoms with Gasteiger partial charge in [0, 0.05) is 6.54 Å². The van der Waals surface area contributed by atoms with Crippen molar-refractivity contribution in [3.63, 3.8) is 0 Å². The fourth-order valence-corrected chi connectivity index (χ4v) is 1.94. The quantitative estimate of drug-likeness (QED) is 0.731. The van der Waals surface area contributed by atoms with Gasteiger partial charge in [-0.05, 0) is 24.6 Å². The summed E-state index contributed by atoms with van der Waals surface area (Å²) < 4.78 is 5.30. The summed E-state index contributed by atoms with van der Waals surface area (Å²) in [5, 5.41) is 18.0. The summed E-state index contributed by atoms with van der Waals surface area (Å²) in [6.07, 6.45) is -0.407. The fourth-order valence-electron chi connectivity index (χ4n) is 1.94. The third-order valence-corrected chi connectivity index (χ3v) is 2.82. The maximum Gasteiger partial charge on any atom is 0.161 e. The van der Waals surface area contributed by atoms with E-state index in [0.717, 1.165) is 17.8 Å². The van der Waals surface area contributed by atoms with Crippen molar-refractivity contribution in [2.75, 3.05) is 24.6 Å². The molecule has 1 aromatic carbocycles. The molecule has 0 N–H and O–H groups in total. The molecule has 0 amide bonds. The van der Waals surface area contributed by atoms with Crippen LogP contribution < -0.4 is 4.90 Å². The molecule has 86 valence electrons. The fraction of sp³-hybridized carbons (Fsp3) is 0.385. The van der Waals surface area contributed by atoms with Gasteiger partial charge in [-0.3, -0.25) is 0 Å². The van der Waals surface area contributed by atoms with Crippen LogP contribution in [0.1, 0.15) is 11.1 Å². The van der Waals surface area contributed by atoms with Gasteiger partial charge < -0.3 is 9.64 Å². The first-order valence-corrected chi connectivity index (χ1v) is 5.51. The monoisotopic (exact) mass is 227 g/mol. The Kier molecular flexibility index (Phi) is 3.27. The molecule has 17 heavy (non-hydrogen) atoms. The van der Waals surface area contributed by atoms with E-state index in [1.807, 2.05) is 30.0 Å². The number of aryl methyl sites for hydroxylation is 1. The molecular formula is C13H13N3O. The summed E-state index contributed by atoms with van der Waals surface area (Å²) in [7, 11) is 0. The highest BCUT2D eigenvalue weighted by molar-refractivity contribution is 5.61. The van der Waals surface area contributed by atoms with Crippen LogP contribution >= 0.6 is 0 Å². The highest BCUT2D eigenvalue weighted by atomic mass is 16.5. The molecule has 1 aromatic rings. The Morgan fingerprint density at radius 2 is 2.24 bits per heavy atom. The van der Waals surface area contributed by atoms with Crippen LogP contribution in [-0.4, -0.2) is 25.8 Å². The van der Waals surface area contributed by atoms with Crippen molar-refractivity contribution in [1.82, 2.24) is 0 Å². The lowest BCUT2D eigenvalue weighted by molar-refractivity contribution is 0.0764. The summed E-state index contributed by atoms with van der Waals surface area (Å²) in [5.74, 6) is 0. The Labute approximate surface area is 101 Å². The van der Waals surface area contributed by atoms with E-state index < -0.39 is 6.10 Å². The maximum absolute atomic E-state index is 9.09. The summed E-state index contributed by atoms with van der Waals surface area (Å²) in [4.78, 5) is 2.04. The topological polar surface area (TPSA) is 60.1 Å². The summed E-state index contributed by atoms with van der Waals surface area (Å²) in [6, 6.07) is 10.0. The number of benzene rings is 1. The molecule has 1 heterocycles. The molecule has 0 aromatic heterocycles. The lowest BCUT2D eigenvalue weighted by Crippen LogP contribution is -2.42. The second-order valence-electron chi connectivity index (χ2n) is 4.07. The molecular weight excluding hydrogens is 214 g/mol. The second kappa shape index (κ2) is 4.86. The highest BCUT2D eigenvalue weighted by Crippen LogP contribution is 2.23. The predicted octanol–water partition coefficient (Wildman–Crippen LogP) is 1.60. The van der Waals surface area contributed by atoms with E-state index in [4.69, 9.17) is 15.3 Å². The van der Waals surface area contributed by atoms with E-state index in [9.17, 15) is 0 Å². The molecule has 1 atom stereocenters. The minimum absolute atomic E-state index is 0.407. The molecule has 0 radical (unpaired) electrons. The zero-order valence-corrected chi connectivity index (χ0v) is 9.68. The standard InChI is InChI=1S/C13H13N3O/c1-10-2-3-11(7-14)13(6-10)16-4-5-17-12(8-15)9-16/h2-3,6,12H,4-5,9H2,1H3. The molecule has 1 fully saturated rings. The third-order valence-electron chi connectivity index (χ3n) is 2.82. The Bertz CT molecular complexity index is 498. The molecule has 1 aliphatic rings. The summed E-state index contributed by atoms with van der Waals surface area (Å²) >= 11 is 0. The molecule has 0 aliphatic carbocycles. The smallest absolute Gasteiger partial charge is 0.161 e. The maximum atomic E-state index is 9.09. The van der Waals surface area contributed by atoms with Gasteiger partial charge in [-0.2, -0.15) is 10.5 Å². The minimum Gasteiger partial charge on any atom is -0.364 e. The highest BCUT2D eigenvalue weighted by Gasteiger charge is 2.21. The number of hydrogen-bond acceptors (Lipinski definition) is 4. The van der Waals surface area contributed by atoms with Gasteiger partial charge in [0.2, 0.25) is 0 Å². The van der Waals surface area contributed by atoms with E-state index in [1.165, 1.54) is 0 Å². The Morgan fingerprint density at radius 1 is 1.41 bits per heavy atom. The van der Waals surface area contributed by atoms with Crippen molar-refractivity contribution >= 4 is 5.69 Å². The zero-order chi connectivity index (χ0) is 12.3. The number of rotatable bonds is 1. The van der Waals surface area contributed by atoms with Crippen molar-refractivity contribution in [2.45, 2.75) is 13.0 Å². The van der Waals surface area contributed by atoms with Gasteiger partial charge in [-0.15, -0.1) is 0 Å². The Morgan fingerprint density at radius 3 is 2.94 bits per heavy atom. The van der Waals surface area contributed by atoms with E-state index in [-0.39, 0.29) is 0 Å². The molecule has 1 aliphatic heterocycles. The van der Waals surface area contributed by atoms with Crippen LogP contribution in [0, 0.1) is 29.6 Å². The van der Waals surface area contributed by atoms with E-state index in [1.54, 1.807) is 0 Å². The predicted molar refractivity (Wildman–Crippen MR) is 63.5 cm³/mol. The Balaban J connectivity index is 2.30. The van der Waals surface area contributed by atoms with Gasteiger partial charge in [0.25, 0.3) is 0 Å². The van der Waals surface area contributed by atoms with E-state index >= 15 is 0 Å². The van der Waals surface area contributed by atoms with Crippen LogP contribution in [0.2, 0.25) is 0 Å². The lowest BCUT2D eigenvalue weighted by Gasteiger charge is -2.32. The third kappa shape index (κ3) is 2.38. The second-order valence-corrected chi connectivity index (χ2v) is 4.07. The molecule has 1 saturated heterocycles.